The van der Waals surface area contributed by atoms with Crippen LogP contribution in [-0.2, 0) is 0 Å². The molecule has 0 aliphatic carbocycles. The molecule has 4 heteroatoms. The maximum absolute atomic E-state index is 12.1. The van der Waals surface area contributed by atoms with Crippen molar-refractivity contribution in [2.24, 2.45) is 5.92 Å². The van der Waals surface area contributed by atoms with E-state index in [0.717, 1.165) is 17.9 Å². The molecule has 1 aromatic heterocycles. The average molecular weight is 249 g/mol. The second-order valence-corrected chi connectivity index (χ2v) is 5.14. The van der Waals surface area contributed by atoms with Gasteiger partial charge >= 0.3 is 0 Å². The zero-order chi connectivity index (χ0) is 13.7. The van der Waals surface area contributed by atoms with Crippen molar-refractivity contribution in [3.05, 3.63) is 23.4 Å². The van der Waals surface area contributed by atoms with E-state index >= 15 is 0 Å². The van der Waals surface area contributed by atoms with Crippen LogP contribution in [0.15, 0.2) is 12.1 Å². The van der Waals surface area contributed by atoms with Crippen molar-refractivity contribution in [2.75, 3.05) is 12.4 Å². The van der Waals surface area contributed by atoms with E-state index in [2.05, 4.69) is 29.5 Å². The molecule has 4 nitrogen and oxygen atoms in total. The summed E-state index contributed by atoms with van der Waals surface area (Å²) in [6.45, 7) is 8.22. The van der Waals surface area contributed by atoms with Crippen LogP contribution in [0.5, 0.6) is 0 Å². The quantitative estimate of drug-likeness (QED) is 0.843. The van der Waals surface area contributed by atoms with E-state index in [9.17, 15) is 4.79 Å². The molecule has 0 aliphatic rings. The van der Waals surface area contributed by atoms with Crippen LogP contribution in [0, 0.1) is 12.8 Å². The summed E-state index contributed by atoms with van der Waals surface area (Å²) in [7, 11) is 1.80. The van der Waals surface area contributed by atoms with Gasteiger partial charge in [0, 0.05) is 24.3 Å². The zero-order valence-corrected chi connectivity index (χ0v) is 11.9. The molecule has 2 N–H and O–H groups in total. The van der Waals surface area contributed by atoms with Crippen LogP contribution >= 0.6 is 0 Å². The van der Waals surface area contributed by atoms with Crippen molar-refractivity contribution in [1.82, 2.24) is 10.3 Å². The lowest BCUT2D eigenvalue weighted by atomic mass is 10.0. The zero-order valence-electron chi connectivity index (χ0n) is 11.9. The minimum Gasteiger partial charge on any atom is -0.373 e. The highest BCUT2D eigenvalue weighted by Crippen LogP contribution is 2.11. The van der Waals surface area contributed by atoms with Crippen molar-refractivity contribution in [2.45, 2.75) is 40.2 Å². The smallest absolute Gasteiger partial charge is 0.251 e. The van der Waals surface area contributed by atoms with Crippen molar-refractivity contribution in [1.29, 1.82) is 0 Å². The van der Waals surface area contributed by atoms with Crippen LogP contribution in [0.2, 0.25) is 0 Å². The number of nitrogens with zero attached hydrogens (tertiary/aromatic N) is 1. The Morgan fingerprint density at radius 1 is 1.33 bits per heavy atom. The van der Waals surface area contributed by atoms with Gasteiger partial charge in [0.15, 0.2) is 0 Å². The highest BCUT2D eigenvalue weighted by atomic mass is 16.1. The number of hydrogen-bond donors (Lipinski definition) is 2. The summed E-state index contributed by atoms with van der Waals surface area (Å²) in [5.74, 6) is 1.26. The predicted molar refractivity (Wildman–Crippen MR) is 74.9 cm³/mol. The third-order valence-electron chi connectivity index (χ3n) is 2.67. The highest BCUT2D eigenvalue weighted by molar-refractivity contribution is 5.95. The Bertz CT molecular complexity index is 416. The Morgan fingerprint density at radius 2 is 2.00 bits per heavy atom. The molecule has 1 rings (SSSR count). The standard InChI is InChI=1S/C14H23N3O/c1-9(2)6-10(3)17-14(18)12-7-11(4)16-13(8-12)15-5/h7-10H,6H2,1-5H3,(H,15,16)(H,17,18). The van der Waals surface area contributed by atoms with Gasteiger partial charge in [0.05, 0.1) is 0 Å². The van der Waals surface area contributed by atoms with Crippen LogP contribution in [0.4, 0.5) is 5.82 Å². The maximum atomic E-state index is 12.1. The van der Waals surface area contributed by atoms with Crippen molar-refractivity contribution in [3.63, 3.8) is 0 Å². The van der Waals surface area contributed by atoms with Gasteiger partial charge in [-0.25, -0.2) is 4.98 Å². The largest absolute Gasteiger partial charge is 0.373 e. The monoisotopic (exact) mass is 249 g/mol. The van der Waals surface area contributed by atoms with Gasteiger partial charge in [0.2, 0.25) is 0 Å². The van der Waals surface area contributed by atoms with Gasteiger partial charge in [-0.2, -0.15) is 0 Å². The Balaban J connectivity index is 2.74. The van der Waals surface area contributed by atoms with Gasteiger partial charge in [-0.05, 0) is 38.3 Å². The summed E-state index contributed by atoms with van der Waals surface area (Å²) in [6, 6.07) is 3.76. The fourth-order valence-corrected chi connectivity index (χ4v) is 2.00. The minimum atomic E-state index is -0.0369. The van der Waals surface area contributed by atoms with Crippen LogP contribution in [0.3, 0.4) is 0 Å². The van der Waals surface area contributed by atoms with Crippen molar-refractivity contribution in [3.8, 4) is 0 Å². The second kappa shape index (κ2) is 6.38. The second-order valence-electron chi connectivity index (χ2n) is 5.14. The lowest BCUT2D eigenvalue weighted by Crippen LogP contribution is -2.33. The fraction of sp³-hybridized carbons (Fsp3) is 0.571. The average Bonchev–Trinajstić information content (AvgIpc) is 2.26. The summed E-state index contributed by atoms with van der Waals surface area (Å²) >= 11 is 0. The first kappa shape index (κ1) is 14.5. The van der Waals surface area contributed by atoms with Gasteiger partial charge in [0.25, 0.3) is 5.91 Å². The fourth-order valence-electron chi connectivity index (χ4n) is 2.00. The van der Waals surface area contributed by atoms with Crippen molar-refractivity contribution < 1.29 is 4.79 Å². The third-order valence-corrected chi connectivity index (χ3v) is 2.67. The number of carbonyl (C=O) groups is 1. The molecule has 1 heterocycles. The van der Waals surface area contributed by atoms with E-state index in [1.54, 1.807) is 19.2 Å². The molecule has 0 saturated carbocycles. The SMILES string of the molecule is CNc1cc(C(=O)NC(C)CC(C)C)cc(C)n1. The maximum Gasteiger partial charge on any atom is 0.251 e. The number of nitrogens with one attached hydrogen (secondary N) is 2. The molecule has 18 heavy (non-hydrogen) atoms. The molecule has 0 spiro atoms. The number of carbonyl (C=O) groups excluding carboxylic acids is 1. The Hall–Kier alpha value is -1.58. The van der Waals surface area contributed by atoms with E-state index in [4.69, 9.17) is 0 Å². The number of anilines is 1. The molecule has 1 atom stereocenters. The molecule has 1 aromatic rings. The Morgan fingerprint density at radius 3 is 2.56 bits per heavy atom. The third kappa shape index (κ3) is 4.35. The van der Waals surface area contributed by atoms with E-state index in [-0.39, 0.29) is 11.9 Å². The summed E-state index contributed by atoms with van der Waals surface area (Å²) in [5.41, 5.74) is 1.49. The first-order valence-corrected chi connectivity index (χ1v) is 6.39. The minimum absolute atomic E-state index is 0.0369. The normalized spacial score (nSPS) is 12.3. The number of amides is 1. The van der Waals surface area contributed by atoms with Gasteiger partial charge < -0.3 is 10.6 Å². The topological polar surface area (TPSA) is 54.0 Å². The summed E-state index contributed by atoms with van der Waals surface area (Å²) in [4.78, 5) is 16.4. The predicted octanol–water partition coefficient (Wildman–Crippen LogP) is 2.60. The van der Waals surface area contributed by atoms with E-state index in [0.29, 0.717) is 11.5 Å². The van der Waals surface area contributed by atoms with Gasteiger partial charge in [-0.15, -0.1) is 0 Å². The van der Waals surface area contributed by atoms with Crippen LogP contribution in [0.25, 0.3) is 0 Å². The van der Waals surface area contributed by atoms with Crippen LogP contribution in [-0.4, -0.2) is 24.0 Å². The van der Waals surface area contributed by atoms with Crippen LogP contribution < -0.4 is 10.6 Å². The molecular weight excluding hydrogens is 226 g/mol. The summed E-state index contributed by atoms with van der Waals surface area (Å²) in [5, 5.41) is 5.97. The van der Waals surface area contributed by atoms with Gasteiger partial charge in [0.1, 0.15) is 5.82 Å². The van der Waals surface area contributed by atoms with Crippen LogP contribution in [0.1, 0.15) is 43.2 Å². The molecule has 0 radical (unpaired) electrons. The van der Waals surface area contributed by atoms with E-state index in [1.807, 2.05) is 13.8 Å². The highest BCUT2D eigenvalue weighted by Gasteiger charge is 2.12. The van der Waals surface area contributed by atoms with E-state index < -0.39 is 0 Å². The molecule has 1 unspecified atom stereocenters. The molecule has 1 amide bonds. The summed E-state index contributed by atoms with van der Waals surface area (Å²) in [6.07, 6.45) is 0.981. The number of pyridine rings is 1. The first-order chi connectivity index (χ1) is 8.42. The Labute approximate surface area is 109 Å². The lowest BCUT2D eigenvalue weighted by Gasteiger charge is -2.16. The number of rotatable bonds is 5. The molecular formula is C14H23N3O. The molecule has 100 valence electrons. The number of aryl methyl sites for hydroxylation is 1. The molecule has 0 saturated heterocycles. The first-order valence-electron chi connectivity index (χ1n) is 6.39. The number of hydrogen-bond acceptors (Lipinski definition) is 3. The molecule has 0 aliphatic heterocycles. The molecule has 0 fully saturated rings. The Kier molecular flexibility index (Phi) is 5.13. The van der Waals surface area contributed by atoms with Gasteiger partial charge in [-0.1, -0.05) is 13.8 Å². The van der Waals surface area contributed by atoms with E-state index in [1.165, 1.54) is 0 Å². The molecule has 0 aromatic carbocycles. The van der Waals surface area contributed by atoms with Gasteiger partial charge in [-0.3, -0.25) is 4.79 Å². The lowest BCUT2D eigenvalue weighted by molar-refractivity contribution is 0.0936. The molecule has 0 bridgehead atoms. The number of aromatic nitrogens is 1. The van der Waals surface area contributed by atoms with Crippen molar-refractivity contribution >= 4 is 11.7 Å². The summed E-state index contributed by atoms with van der Waals surface area (Å²) < 4.78 is 0.